The third-order valence-corrected chi connectivity index (χ3v) is 7.54. The van der Waals surface area contributed by atoms with Crippen molar-refractivity contribution in [3.8, 4) is 5.75 Å². The Morgan fingerprint density at radius 1 is 1.06 bits per heavy atom. The monoisotopic (exact) mass is 470 g/mol. The molecule has 0 unspecified atom stereocenters. The smallest absolute Gasteiger partial charge is 0.264 e. The highest BCUT2D eigenvalue weighted by Crippen LogP contribution is 2.35. The molecule has 0 bridgehead atoms. The van der Waals surface area contributed by atoms with Crippen LogP contribution < -0.4 is 14.4 Å². The van der Waals surface area contributed by atoms with Crippen LogP contribution in [0.5, 0.6) is 5.75 Å². The molecule has 0 saturated heterocycles. The summed E-state index contributed by atoms with van der Waals surface area (Å²) in [6.45, 7) is 3.96. The number of sulfonamides is 1. The molecule has 8 heteroatoms. The van der Waals surface area contributed by atoms with Gasteiger partial charge >= 0.3 is 0 Å². The highest BCUT2D eigenvalue weighted by atomic mass is 35.5. The fourth-order valence-electron chi connectivity index (χ4n) is 3.77. The maximum Gasteiger partial charge on any atom is 0.264 e. The van der Waals surface area contributed by atoms with E-state index in [-0.39, 0.29) is 28.2 Å². The molecule has 6 nitrogen and oxygen atoms in total. The van der Waals surface area contributed by atoms with Gasteiger partial charge in [-0.15, -0.1) is 0 Å². The second-order valence-electron chi connectivity index (χ2n) is 7.65. The summed E-state index contributed by atoms with van der Waals surface area (Å²) >= 11 is 6.30. The molecule has 1 aliphatic rings. The predicted molar refractivity (Wildman–Crippen MR) is 126 cm³/mol. The van der Waals surface area contributed by atoms with Gasteiger partial charge in [0.05, 0.1) is 15.6 Å². The van der Waals surface area contributed by atoms with Crippen molar-refractivity contribution in [2.75, 3.05) is 22.8 Å². The van der Waals surface area contributed by atoms with Crippen LogP contribution in [0.3, 0.4) is 0 Å². The second kappa shape index (κ2) is 8.84. The first-order valence-electron chi connectivity index (χ1n) is 10.2. The Balaban J connectivity index is 1.46. The van der Waals surface area contributed by atoms with Crippen molar-refractivity contribution < 1.29 is 17.9 Å². The number of anilines is 2. The number of rotatable bonds is 6. The zero-order valence-corrected chi connectivity index (χ0v) is 19.3. The fraction of sp³-hybridized carbons (Fsp3) is 0.208. The number of nitrogens with one attached hydrogen (secondary N) is 1. The molecule has 3 aromatic rings. The van der Waals surface area contributed by atoms with Gasteiger partial charge in [-0.05, 0) is 61.2 Å². The number of hydrogen-bond donors (Lipinski definition) is 1. The Morgan fingerprint density at radius 2 is 1.78 bits per heavy atom. The van der Waals surface area contributed by atoms with Gasteiger partial charge in [0.15, 0.2) is 6.61 Å². The predicted octanol–water partition coefficient (Wildman–Crippen LogP) is 4.73. The van der Waals surface area contributed by atoms with E-state index in [1.165, 1.54) is 22.5 Å². The van der Waals surface area contributed by atoms with Crippen molar-refractivity contribution in [2.45, 2.75) is 25.2 Å². The zero-order chi connectivity index (χ0) is 22.9. The minimum atomic E-state index is -3.76. The highest BCUT2D eigenvalue weighted by molar-refractivity contribution is 7.92. The number of carbonyl (C=O) groups excluding carboxylic acids is 1. The van der Waals surface area contributed by atoms with Gasteiger partial charge in [0.2, 0.25) is 0 Å². The topological polar surface area (TPSA) is 75.7 Å². The van der Waals surface area contributed by atoms with Gasteiger partial charge in [-0.25, -0.2) is 8.42 Å². The van der Waals surface area contributed by atoms with E-state index in [9.17, 15) is 13.2 Å². The standard InChI is InChI=1S/C24H23ClN2O4S/c1-16-6-5-7-17(2)24(16)26-23(28)15-31-22-11-10-19(14-20(22)25)32(29,30)27-13-12-18-8-3-4-9-21(18)27/h3-11,14H,12-13,15H2,1-2H3,(H,26,28). The number of aryl methyl sites for hydroxylation is 2. The molecular weight excluding hydrogens is 448 g/mol. The summed E-state index contributed by atoms with van der Waals surface area (Å²) in [6, 6.07) is 17.5. The van der Waals surface area contributed by atoms with E-state index in [1.807, 2.05) is 50.2 Å². The Kier molecular flexibility index (Phi) is 6.13. The largest absolute Gasteiger partial charge is 0.482 e. The molecule has 4 rings (SSSR count). The third-order valence-electron chi connectivity index (χ3n) is 5.44. The number of fused-ring (bicyclic) bond motifs is 1. The van der Waals surface area contributed by atoms with E-state index in [4.69, 9.17) is 16.3 Å². The quantitative estimate of drug-likeness (QED) is 0.565. The maximum atomic E-state index is 13.2. The summed E-state index contributed by atoms with van der Waals surface area (Å²) in [7, 11) is -3.76. The van der Waals surface area contributed by atoms with Crippen LogP contribution in [0.2, 0.25) is 5.02 Å². The lowest BCUT2D eigenvalue weighted by atomic mass is 10.1. The lowest BCUT2D eigenvalue weighted by Gasteiger charge is -2.20. The number of halogens is 1. The Morgan fingerprint density at radius 3 is 2.50 bits per heavy atom. The summed E-state index contributed by atoms with van der Waals surface area (Å²) in [4.78, 5) is 12.4. The second-order valence-corrected chi connectivity index (χ2v) is 9.92. The normalized spacial score (nSPS) is 13.0. The van der Waals surface area contributed by atoms with Crippen molar-refractivity contribution in [1.82, 2.24) is 0 Å². The van der Waals surface area contributed by atoms with Gasteiger partial charge in [-0.1, -0.05) is 48.0 Å². The zero-order valence-electron chi connectivity index (χ0n) is 17.8. The van der Waals surface area contributed by atoms with Crippen LogP contribution in [0, 0.1) is 13.8 Å². The van der Waals surface area contributed by atoms with Gasteiger partial charge in [-0.2, -0.15) is 0 Å². The molecule has 0 radical (unpaired) electrons. The SMILES string of the molecule is Cc1cccc(C)c1NC(=O)COc1ccc(S(=O)(=O)N2CCc3ccccc32)cc1Cl. The first kappa shape index (κ1) is 22.2. The number of amides is 1. The van der Waals surface area contributed by atoms with Gasteiger partial charge in [0.1, 0.15) is 5.75 Å². The molecule has 0 spiro atoms. The molecular formula is C24H23ClN2O4S. The van der Waals surface area contributed by atoms with Gasteiger partial charge in [0, 0.05) is 12.2 Å². The van der Waals surface area contributed by atoms with Crippen molar-refractivity contribution in [3.05, 3.63) is 82.4 Å². The number of hydrogen-bond acceptors (Lipinski definition) is 4. The van der Waals surface area contributed by atoms with Crippen molar-refractivity contribution in [1.29, 1.82) is 0 Å². The number of ether oxygens (including phenoxy) is 1. The molecule has 1 heterocycles. The Labute approximate surface area is 192 Å². The lowest BCUT2D eigenvalue weighted by Crippen LogP contribution is -2.29. The van der Waals surface area contributed by atoms with Crippen LogP contribution in [-0.4, -0.2) is 27.5 Å². The molecule has 1 amide bonds. The van der Waals surface area contributed by atoms with E-state index >= 15 is 0 Å². The molecule has 1 N–H and O–H groups in total. The molecule has 0 fully saturated rings. The minimum Gasteiger partial charge on any atom is -0.482 e. The van der Waals surface area contributed by atoms with E-state index in [0.29, 0.717) is 18.7 Å². The van der Waals surface area contributed by atoms with Crippen molar-refractivity contribution in [3.63, 3.8) is 0 Å². The summed E-state index contributed by atoms with van der Waals surface area (Å²) < 4.78 is 33.3. The van der Waals surface area contributed by atoms with Crippen LogP contribution in [0.15, 0.2) is 65.6 Å². The summed E-state index contributed by atoms with van der Waals surface area (Å²) in [5.41, 5.74) is 4.34. The molecule has 32 heavy (non-hydrogen) atoms. The molecule has 3 aromatic carbocycles. The van der Waals surface area contributed by atoms with Crippen LogP contribution in [0.1, 0.15) is 16.7 Å². The number of benzene rings is 3. The van der Waals surface area contributed by atoms with E-state index in [1.54, 1.807) is 6.07 Å². The average Bonchev–Trinajstić information content (AvgIpc) is 3.20. The highest BCUT2D eigenvalue weighted by Gasteiger charge is 2.31. The van der Waals surface area contributed by atoms with Gasteiger partial charge < -0.3 is 10.1 Å². The molecule has 0 saturated carbocycles. The Bertz CT molecular complexity index is 1270. The number of carbonyl (C=O) groups is 1. The number of para-hydroxylation sites is 2. The maximum absolute atomic E-state index is 13.2. The van der Waals surface area contributed by atoms with Crippen LogP contribution >= 0.6 is 11.6 Å². The van der Waals surface area contributed by atoms with E-state index in [0.717, 1.165) is 22.4 Å². The summed E-state index contributed by atoms with van der Waals surface area (Å²) in [6.07, 6.45) is 0.666. The Hall–Kier alpha value is -3.03. The summed E-state index contributed by atoms with van der Waals surface area (Å²) in [5.74, 6) is -0.0899. The molecule has 1 aliphatic heterocycles. The molecule has 166 valence electrons. The van der Waals surface area contributed by atoms with Crippen molar-refractivity contribution in [2.24, 2.45) is 0 Å². The van der Waals surface area contributed by atoms with Crippen LogP contribution in [0.4, 0.5) is 11.4 Å². The van der Waals surface area contributed by atoms with Gasteiger partial charge in [0.25, 0.3) is 15.9 Å². The summed E-state index contributed by atoms with van der Waals surface area (Å²) in [5, 5.41) is 2.96. The van der Waals surface area contributed by atoms with E-state index in [2.05, 4.69) is 5.32 Å². The van der Waals surface area contributed by atoms with Crippen molar-refractivity contribution >= 4 is 38.9 Å². The van der Waals surface area contributed by atoms with Crippen LogP contribution in [0.25, 0.3) is 0 Å². The van der Waals surface area contributed by atoms with E-state index < -0.39 is 10.0 Å². The number of nitrogens with zero attached hydrogens (tertiary/aromatic N) is 1. The van der Waals surface area contributed by atoms with Crippen LogP contribution in [-0.2, 0) is 21.2 Å². The molecule has 0 aliphatic carbocycles. The minimum absolute atomic E-state index is 0.0755. The van der Waals surface area contributed by atoms with Gasteiger partial charge in [-0.3, -0.25) is 9.10 Å². The third kappa shape index (κ3) is 4.31. The molecule has 0 atom stereocenters. The fourth-order valence-corrected chi connectivity index (χ4v) is 5.60. The average molecular weight is 471 g/mol. The lowest BCUT2D eigenvalue weighted by molar-refractivity contribution is -0.118. The molecule has 0 aromatic heterocycles. The first-order chi connectivity index (χ1) is 15.3. The first-order valence-corrected chi connectivity index (χ1v) is 12.0.